The Balaban J connectivity index is 1.75. The third kappa shape index (κ3) is 6.21. The van der Waals surface area contributed by atoms with Gasteiger partial charge in [0.05, 0.1) is 11.7 Å². The summed E-state index contributed by atoms with van der Waals surface area (Å²) >= 11 is 0. The van der Waals surface area contributed by atoms with Crippen molar-refractivity contribution in [3.05, 3.63) is 143 Å². The van der Waals surface area contributed by atoms with E-state index in [9.17, 15) is 13.6 Å². The molecule has 0 atom stereocenters. The van der Waals surface area contributed by atoms with Crippen LogP contribution in [0.5, 0.6) is 0 Å². The molecule has 4 aromatic rings. The van der Waals surface area contributed by atoms with E-state index in [1.54, 1.807) is 4.90 Å². The van der Waals surface area contributed by atoms with Gasteiger partial charge in [0, 0.05) is 12.6 Å². The van der Waals surface area contributed by atoms with Crippen LogP contribution in [0.4, 0.5) is 19.3 Å². The Morgan fingerprint density at radius 1 is 0.829 bits per heavy atom. The van der Waals surface area contributed by atoms with Gasteiger partial charge in [-0.25, -0.2) is 13.6 Å². The Kier molecular flexibility index (Phi) is 7.68. The van der Waals surface area contributed by atoms with Crippen LogP contribution < -0.4 is 5.32 Å². The summed E-state index contributed by atoms with van der Waals surface area (Å²) in [5.74, 6) is -1.53. The molecule has 3 nitrogen and oxygen atoms in total. The molecule has 2 amide bonds. The van der Waals surface area contributed by atoms with Gasteiger partial charge in [0.25, 0.3) is 0 Å². The van der Waals surface area contributed by atoms with Crippen LogP contribution in [0.2, 0.25) is 0 Å². The fourth-order valence-corrected chi connectivity index (χ4v) is 4.03. The minimum Gasteiger partial charge on any atom is -0.309 e. The van der Waals surface area contributed by atoms with Gasteiger partial charge in [-0.2, -0.15) is 0 Å². The van der Waals surface area contributed by atoms with E-state index in [2.05, 4.69) is 5.32 Å². The van der Waals surface area contributed by atoms with E-state index in [0.717, 1.165) is 34.4 Å². The SMILES string of the molecule is C/C(=C\c1ccccc1)CN(C(=O)Nc1ccc(F)cc1F)C(c1ccccc1)c1ccccc1. The van der Waals surface area contributed by atoms with Crippen molar-refractivity contribution in [3.63, 3.8) is 0 Å². The predicted octanol–water partition coefficient (Wildman–Crippen LogP) is 7.69. The standard InChI is InChI=1S/C30H26F2N2O/c1-22(19-23-11-5-2-6-12-23)21-34(30(35)33-28-18-17-26(31)20-27(28)32)29(24-13-7-3-8-14-24)25-15-9-4-10-16-25/h2-20,29H,21H2,1H3,(H,33,35)/b22-19+. The van der Waals surface area contributed by atoms with Gasteiger partial charge < -0.3 is 10.2 Å². The van der Waals surface area contributed by atoms with Crippen molar-refractivity contribution >= 4 is 17.8 Å². The van der Waals surface area contributed by atoms with Gasteiger partial charge in [-0.1, -0.05) is 103 Å². The Hall–Kier alpha value is -4.25. The molecule has 5 heteroatoms. The van der Waals surface area contributed by atoms with E-state index >= 15 is 0 Å². The van der Waals surface area contributed by atoms with Crippen LogP contribution in [0, 0.1) is 11.6 Å². The van der Waals surface area contributed by atoms with Crippen LogP contribution in [0.25, 0.3) is 6.08 Å². The summed E-state index contributed by atoms with van der Waals surface area (Å²) in [4.78, 5) is 15.3. The second kappa shape index (κ2) is 11.3. The summed E-state index contributed by atoms with van der Waals surface area (Å²) in [7, 11) is 0. The lowest BCUT2D eigenvalue weighted by atomic mass is 9.96. The fraction of sp³-hybridized carbons (Fsp3) is 0.100. The largest absolute Gasteiger partial charge is 0.323 e. The number of hydrogen-bond acceptors (Lipinski definition) is 1. The number of urea groups is 1. The molecular weight excluding hydrogens is 442 g/mol. The zero-order valence-electron chi connectivity index (χ0n) is 19.4. The highest BCUT2D eigenvalue weighted by molar-refractivity contribution is 5.90. The lowest BCUT2D eigenvalue weighted by Crippen LogP contribution is -2.40. The first-order valence-corrected chi connectivity index (χ1v) is 11.4. The first-order valence-electron chi connectivity index (χ1n) is 11.4. The lowest BCUT2D eigenvalue weighted by Gasteiger charge is -2.33. The van der Waals surface area contributed by atoms with Crippen LogP contribution in [-0.2, 0) is 0 Å². The van der Waals surface area contributed by atoms with Crippen LogP contribution in [0.15, 0.2) is 115 Å². The van der Waals surface area contributed by atoms with E-state index in [1.165, 1.54) is 6.07 Å². The highest BCUT2D eigenvalue weighted by Gasteiger charge is 2.27. The summed E-state index contributed by atoms with van der Waals surface area (Å²) in [5, 5.41) is 2.64. The molecule has 1 N–H and O–H groups in total. The molecule has 0 fully saturated rings. The number of nitrogens with one attached hydrogen (secondary N) is 1. The Labute approximate surface area is 204 Å². The Bertz CT molecular complexity index is 1250. The average Bonchev–Trinajstić information content (AvgIpc) is 2.87. The van der Waals surface area contributed by atoms with Crippen LogP contribution in [0.1, 0.15) is 29.7 Å². The van der Waals surface area contributed by atoms with Gasteiger partial charge in [0.15, 0.2) is 0 Å². The monoisotopic (exact) mass is 468 g/mol. The molecule has 0 heterocycles. The molecule has 0 spiro atoms. The first kappa shape index (κ1) is 23.9. The molecule has 0 unspecified atom stereocenters. The molecule has 0 saturated heterocycles. The molecular formula is C30H26F2N2O. The van der Waals surface area contributed by atoms with Crippen molar-refractivity contribution in [2.75, 3.05) is 11.9 Å². The number of rotatable bonds is 7. The average molecular weight is 469 g/mol. The van der Waals surface area contributed by atoms with E-state index in [4.69, 9.17) is 0 Å². The highest BCUT2D eigenvalue weighted by atomic mass is 19.1. The number of carbonyl (C=O) groups is 1. The molecule has 176 valence electrons. The van der Waals surface area contributed by atoms with E-state index in [-0.39, 0.29) is 12.2 Å². The number of hydrogen-bond donors (Lipinski definition) is 1. The zero-order chi connectivity index (χ0) is 24.6. The molecule has 4 aromatic carbocycles. The van der Waals surface area contributed by atoms with E-state index in [0.29, 0.717) is 0 Å². The molecule has 0 aliphatic heterocycles. The maximum Gasteiger partial charge on any atom is 0.323 e. The quantitative estimate of drug-likeness (QED) is 0.296. The number of halogens is 2. The number of carbonyl (C=O) groups excluding carboxylic acids is 1. The molecule has 0 aliphatic carbocycles. The molecule has 0 aromatic heterocycles. The summed E-state index contributed by atoms with van der Waals surface area (Å²) < 4.78 is 27.8. The molecule has 35 heavy (non-hydrogen) atoms. The van der Waals surface area contributed by atoms with Crippen molar-refractivity contribution in [2.24, 2.45) is 0 Å². The van der Waals surface area contributed by atoms with Gasteiger partial charge in [0.2, 0.25) is 0 Å². The normalized spacial score (nSPS) is 11.4. The van der Waals surface area contributed by atoms with Gasteiger partial charge in [-0.15, -0.1) is 0 Å². The van der Waals surface area contributed by atoms with Crippen LogP contribution in [0.3, 0.4) is 0 Å². The van der Waals surface area contributed by atoms with Gasteiger partial charge >= 0.3 is 6.03 Å². The Morgan fingerprint density at radius 2 is 1.37 bits per heavy atom. The zero-order valence-corrected chi connectivity index (χ0v) is 19.4. The maximum atomic E-state index is 14.4. The number of nitrogens with zero attached hydrogens (tertiary/aromatic N) is 1. The van der Waals surface area contributed by atoms with Crippen molar-refractivity contribution in [3.8, 4) is 0 Å². The van der Waals surface area contributed by atoms with Crippen molar-refractivity contribution in [1.29, 1.82) is 0 Å². The van der Waals surface area contributed by atoms with Crippen LogP contribution in [-0.4, -0.2) is 17.5 Å². The second-order valence-corrected chi connectivity index (χ2v) is 8.31. The summed E-state index contributed by atoms with van der Waals surface area (Å²) in [6, 6.07) is 31.4. The van der Waals surface area contributed by atoms with Crippen molar-refractivity contribution in [2.45, 2.75) is 13.0 Å². The topological polar surface area (TPSA) is 32.3 Å². The number of benzene rings is 4. The van der Waals surface area contributed by atoms with Gasteiger partial charge in [-0.3, -0.25) is 0 Å². The third-order valence-corrected chi connectivity index (χ3v) is 5.61. The molecule has 0 radical (unpaired) electrons. The maximum absolute atomic E-state index is 14.4. The minimum atomic E-state index is -0.828. The van der Waals surface area contributed by atoms with Crippen LogP contribution >= 0.6 is 0 Å². The first-order chi connectivity index (χ1) is 17.0. The summed E-state index contributed by atoms with van der Waals surface area (Å²) in [6.07, 6.45) is 2.02. The van der Waals surface area contributed by atoms with Crippen molar-refractivity contribution < 1.29 is 13.6 Å². The molecule has 0 saturated carbocycles. The van der Waals surface area contributed by atoms with Gasteiger partial charge in [0.1, 0.15) is 11.6 Å². The highest BCUT2D eigenvalue weighted by Crippen LogP contribution is 2.30. The summed E-state index contributed by atoms with van der Waals surface area (Å²) in [6.45, 7) is 2.25. The minimum absolute atomic E-state index is 0.0778. The predicted molar refractivity (Wildman–Crippen MR) is 137 cm³/mol. The number of anilines is 1. The Morgan fingerprint density at radius 3 is 1.91 bits per heavy atom. The second-order valence-electron chi connectivity index (χ2n) is 8.31. The van der Waals surface area contributed by atoms with Gasteiger partial charge in [-0.05, 0) is 35.7 Å². The van der Waals surface area contributed by atoms with Crippen molar-refractivity contribution in [1.82, 2.24) is 4.90 Å². The number of amides is 2. The lowest BCUT2D eigenvalue weighted by molar-refractivity contribution is 0.203. The summed E-state index contributed by atoms with van der Waals surface area (Å²) in [5.41, 5.74) is 3.72. The molecule has 0 aliphatic rings. The molecule has 0 bridgehead atoms. The van der Waals surface area contributed by atoms with E-state index in [1.807, 2.05) is 104 Å². The third-order valence-electron chi connectivity index (χ3n) is 5.61. The molecule has 4 rings (SSSR count). The fourth-order valence-electron chi connectivity index (χ4n) is 4.03. The smallest absolute Gasteiger partial charge is 0.309 e. The van der Waals surface area contributed by atoms with E-state index < -0.39 is 23.7 Å².